The molecule has 2 aromatic heterocycles. The van der Waals surface area contributed by atoms with Gasteiger partial charge in [-0.15, -0.1) is 0 Å². The van der Waals surface area contributed by atoms with Crippen LogP contribution in [0.2, 0.25) is 0 Å². The predicted octanol–water partition coefficient (Wildman–Crippen LogP) is 5.72. The van der Waals surface area contributed by atoms with Gasteiger partial charge in [-0.3, -0.25) is 0 Å². The maximum atomic E-state index is 13.5. The third kappa shape index (κ3) is 6.05. The number of anilines is 2. The molecule has 4 rings (SSSR count). The van der Waals surface area contributed by atoms with Crippen molar-refractivity contribution in [3.05, 3.63) is 60.0 Å². The average molecular weight is 490 g/mol. The van der Waals surface area contributed by atoms with E-state index in [9.17, 15) is 13.2 Å². The number of aromatic nitrogens is 2. The number of halogens is 3. The first-order valence-corrected chi connectivity index (χ1v) is 11.5. The van der Waals surface area contributed by atoms with Crippen LogP contribution in [0, 0.1) is 11.8 Å². The summed E-state index contributed by atoms with van der Waals surface area (Å²) >= 11 is 5.27. The van der Waals surface area contributed by atoms with Crippen LogP contribution in [-0.2, 0) is 12.7 Å². The van der Waals surface area contributed by atoms with Crippen molar-refractivity contribution >= 4 is 29.1 Å². The normalized spacial score (nSPS) is 18.6. The Morgan fingerprint density at radius 3 is 2.47 bits per heavy atom. The first-order valence-electron chi connectivity index (χ1n) is 11.1. The Balaban J connectivity index is 1.45. The molecule has 3 heterocycles. The Hall–Kier alpha value is -3.14. The molecule has 1 fully saturated rings. The van der Waals surface area contributed by atoms with Crippen molar-refractivity contribution in [3.8, 4) is 11.3 Å². The van der Waals surface area contributed by atoms with Crippen LogP contribution < -0.4 is 15.5 Å². The van der Waals surface area contributed by atoms with Crippen LogP contribution >= 0.6 is 12.2 Å². The zero-order chi connectivity index (χ0) is 24.3. The quantitative estimate of drug-likeness (QED) is 0.444. The lowest BCUT2D eigenvalue weighted by Gasteiger charge is -2.36. The van der Waals surface area contributed by atoms with Crippen LogP contribution in [0.5, 0.6) is 0 Å². The van der Waals surface area contributed by atoms with E-state index in [0.29, 0.717) is 36.4 Å². The number of nitrogens with one attached hydrogen (secondary N) is 2. The van der Waals surface area contributed by atoms with Gasteiger partial charge in [0.1, 0.15) is 17.3 Å². The van der Waals surface area contributed by atoms with Crippen molar-refractivity contribution in [3.63, 3.8) is 0 Å². The van der Waals surface area contributed by atoms with E-state index >= 15 is 0 Å². The van der Waals surface area contributed by atoms with Crippen molar-refractivity contribution in [2.24, 2.45) is 11.8 Å². The maximum Gasteiger partial charge on any atom is 0.433 e. The summed E-state index contributed by atoms with van der Waals surface area (Å²) in [6, 6.07) is 14.3. The van der Waals surface area contributed by atoms with Gasteiger partial charge in [-0.25, -0.2) is 4.98 Å². The standard InChI is InChI=1S/C24H26F3N5OS/c1-15-10-16(2)14-32(13-15)21-11-20(24(25,26)27)29-22(30-21)31-23(34)28-12-18-8-9-19(33-18)17-6-4-3-5-7-17/h3-9,11,15-16H,10,12-14H2,1-2H3,(H2,28,29,30,31,34)/t15-,16-/m0/s1. The third-order valence-corrected chi connectivity index (χ3v) is 5.81. The first kappa shape index (κ1) is 24.0. The summed E-state index contributed by atoms with van der Waals surface area (Å²) in [6.45, 7) is 5.72. The van der Waals surface area contributed by atoms with E-state index in [0.717, 1.165) is 18.1 Å². The fraction of sp³-hybridized carbons (Fsp3) is 0.375. The van der Waals surface area contributed by atoms with Gasteiger partial charge >= 0.3 is 6.18 Å². The van der Waals surface area contributed by atoms with E-state index in [4.69, 9.17) is 16.6 Å². The largest absolute Gasteiger partial charge is 0.459 e. The van der Waals surface area contributed by atoms with Gasteiger partial charge in [0.15, 0.2) is 10.8 Å². The number of thiocarbonyl (C=S) groups is 1. The second-order valence-corrected chi connectivity index (χ2v) is 9.13. The molecule has 180 valence electrons. The lowest BCUT2D eigenvalue weighted by molar-refractivity contribution is -0.141. The van der Waals surface area contributed by atoms with Crippen molar-refractivity contribution in [1.29, 1.82) is 0 Å². The Morgan fingerprint density at radius 2 is 1.79 bits per heavy atom. The summed E-state index contributed by atoms with van der Waals surface area (Å²) in [5.74, 6) is 2.11. The number of nitrogens with zero attached hydrogens (tertiary/aromatic N) is 3. The highest BCUT2D eigenvalue weighted by Crippen LogP contribution is 2.32. The van der Waals surface area contributed by atoms with E-state index in [-0.39, 0.29) is 23.4 Å². The number of benzene rings is 1. The lowest BCUT2D eigenvalue weighted by Crippen LogP contribution is -2.39. The minimum Gasteiger partial charge on any atom is -0.459 e. The topological polar surface area (TPSA) is 66.2 Å². The molecule has 0 saturated carbocycles. The molecule has 1 aromatic carbocycles. The van der Waals surface area contributed by atoms with Crippen LogP contribution in [-0.4, -0.2) is 28.2 Å². The summed E-state index contributed by atoms with van der Waals surface area (Å²) in [6.07, 6.45) is -3.57. The molecule has 10 heteroatoms. The molecule has 1 saturated heterocycles. The van der Waals surface area contributed by atoms with Crippen LogP contribution in [0.1, 0.15) is 31.7 Å². The van der Waals surface area contributed by atoms with Gasteiger partial charge in [-0.2, -0.15) is 18.2 Å². The highest BCUT2D eigenvalue weighted by atomic mass is 32.1. The molecule has 2 N–H and O–H groups in total. The summed E-state index contributed by atoms with van der Waals surface area (Å²) in [5, 5.41) is 5.73. The van der Waals surface area contributed by atoms with Gasteiger partial charge in [-0.05, 0) is 42.6 Å². The van der Waals surface area contributed by atoms with Gasteiger partial charge in [0.25, 0.3) is 0 Å². The molecule has 0 aliphatic carbocycles. The molecular weight excluding hydrogens is 463 g/mol. The Kier molecular flexibility index (Phi) is 7.06. The van der Waals surface area contributed by atoms with E-state index in [2.05, 4.69) is 34.4 Å². The first-order chi connectivity index (χ1) is 16.2. The summed E-state index contributed by atoms with van der Waals surface area (Å²) in [5.41, 5.74) is -0.0621. The molecule has 3 aromatic rings. The van der Waals surface area contributed by atoms with Gasteiger partial charge in [0.2, 0.25) is 5.95 Å². The van der Waals surface area contributed by atoms with Gasteiger partial charge in [-0.1, -0.05) is 44.2 Å². The Morgan fingerprint density at radius 1 is 1.09 bits per heavy atom. The molecule has 0 amide bonds. The Bertz CT molecular complexity index is 1130. The average Bonchev–Trinajstić information content (AvgIpc) is 3.26. The summed E-state index contributed by atoms with van der Waals surface area (Å²) < 4.78 is 46.4. The van der Waals surface area contributed by atoms with E-state index in [1.165, 1.54) is 0 Å². The van der Waals surface area contributed by atoms with Crippen molar-refractivity contribution in [2.75, 3.05) is 23.3 Å². The van der Waals surface area contributed by atoms with Crippen molar-refractivity contribution in [1.82, 2.24) is 15.3 Å². The predicted molar refractivity (Wildman–Crippen MR) is 129 cm³/mol. The molecule has 0 spiro atoms. The van der Waals surface area contributed by atoms with E-state index in [1.54, 1.807) is 0 Å². The summed E-state index contributed by atoms with van der Waals surface area (Å²) in [4.78, 5) is 9.86. The smallest absolute Gasteiger partial charge is 0.433 e. The molecule has 0 unspecified atom stereocenters. The van der Waals surface area contributed by atoms with Gasteiger partial charge in [0, 0.05) is 24.7 Å². The molecule has 1 aliphatic heterocycles. The summed E-state index contributed by atoms with van der Waals surface area (Å²) in [7, 11) is 0. The lowest BCUT2D eigenvalue weighted by atomic mass is 9.92. The number of piperidine rings is 1. The monoisotopic (exact) mass is 489 g/mol. The van der Waals surface area contributed by atoms with Gasteiger partial charge in [0.05, 0.1) is 6.54 Å². The SMILES string of the molecule is C[C@H]1C[C@H](C)CN(c2cc(C(F)(F)F)nc(NC(=S)NCc3ccc(-c4ccccc4)o3)n2)C1. The molecule has 1 aliphatic rings. The molecule has 0 radical (unpaired) electrons. The zero-order valence-corrected chi connectivity index (χ0v) is 19.7. The van der Waals surface area contributed by atoms with Crippen molar-refractivity contribution < 1.29 is 17.6 Å². The van der Waals surface area contributed by atoms with E-state index in [1.807, 2.05) is 47.4 Å². The zero-order valence-electron chi connectivity index (χ0n) is 18.9. The van der Waals surface area contributed by atoms with Crippen LogP contribution in [0.15, 0.2) is 52.9 Å². The number of hydrogen-bond acceptors (Lipinski definition) is 5. The van der Waals surface area contributed by atoms with Crippen molar-refractivity contribution in [2.45, 2.75) is 33.0 Å². The highest BCUT2D eigenvalue weighted by Gasteiger charge is 2.35. The molecular formula is C24H26F3N5OS. The van der Waals surface area contributed by atoms with Crippen LogP contribution in [0.4, 0.5) is 24.9 Å². The maximum absolute atomic E-state index is 13.5. The van der Waals surface area contributed by atoms with Gasteiger partial charge < -0.3 is 20.0 Å². The highest BCUT2D eigenvalue weighted by molar-refractivity contribution is 7.80. The third-order valence-electron chi connectivity index (χ3n) is 5.56. The molecule has 6 nitrogen and oxygen atoms in total. The second kappa shape index (κ2) is 10.0. The molecule has 0 bridgehead atoms. The fourth-order valence-corrected chi connectivity index (χ4v) is 4.35. The van der Waals surface area contributed by atoms with E-state index < -0.39 is 11.9 Å². The fourth-order valence-electron chi connectivity index (χ4n) is 4.19. The van der Waals surface area contributed by atoms with Crippen LogP contribution in [0.3, 0.4) is 0 Å². The number of rotatable bonds is 5. The minimum absolute atomic E-state index is 0.100. The molecule has 2 atom stereocenters. The number of furan rings is 1. The van der Waals surface area contributed by atoms with Crippen LogP contribution in [0.25, 0.3) is 11.3 Å². The second-order valence-electron chi connectivity index (χ2n) is 8.72. The minimum atomic E-state index is -4.60. The molecule has 34 heavy (non-hydrogen) atoms. The Labute approximate surface area is 201 Å². The number of hydrogen-bond donors (Lipinski definition) is 2. The number of alkyl halides is 3.